The Balaban J connectivity index is 1.38. The van der Waals surface area contributed by atoms with Crippen molar-refractivity contribution >= 4 is 28.3 Å². The van der Waals surface area contributed by atoms with E-state index in [0.29, 0.717) is 11.5 Å². The molecular weight excluding hydrogens is 412 g/mol. The standard InChI is InChI=1S/C23H18N4O3S/c1-14(21-25-26-22(30-21)20-9-6-12-31-20)29-23(28)16-10-11-19-18(13-16)24-15(2)27(19)17-7-4-3-5-8-17/h3-14H,1-2H3. The number of hydrogen-bond acceptors (Lipinski definition) is 7. The Bertz CT molecular complexity index is 1360. The fourth-order valence-corrected chi connectivity index (χ4v) is 4.05. The average Bonchev–Trinajstić information content (AvgIpc) is 3.52. The molecule has 0 aliphatic rings. The minimum Gasteiger partial charge on any atom is -0.449 e. The van der Waals surface area contributed by atoms with E-state index in [-0.39, 0.29) is 5.89 Å². The maximum absolute atomic E-state index is 12.7. The maximum atomic E-state index is 12.7. The van der Waals surface area contributed by atoms with E-state index in [2.05, 4.69) is 19.7 Å². The summed E-state index contributed by atoms with van der Waals surface area (Å²) in [6, 6.07) is 19.1. The van der Waals surface area contributed by atoms with Crippen molar-refractivity contribution < 1.29 is 13.9 Å². The van der Waals surface area contributed by atoms with Crippen molar-refractivity contribution in [3.63, 3.8) is 0 Å². The Hall–Kier alpha value is -3.78. The number of carbonyl (C=O) groups is 1. The first-order valence-electron chi connectivity index (χ1n) is 9.73. The van der Waals surface area contributed by atoms with Gasteiger partial charge in [0.15, 0.2) is 6.10 Å². The number of carbonyl (C=O) groups excluding carboxylic acids is 1. The fourth-order valence-electron chi connectivity index (χ4n) is 3.41. The van der Waals surface area contributed by atoms with Crippen molar-refractivity contribution in [2.75, 3.05) is 0 Å². The Morgan fingerprint density at radius 3 is 2.71 bits per heavy atom. The van der Waals surface area contributed by atoms with Crippen molar-refractivity contribution in [1.82, 2.24) is 19.7 Å². The molecule has 5 aromatic rings. The highest BCUT2D eigenvalue weighted by atomic mass is 32.1. The Kier molecular flexibility index (Phi) is 4.83. The molecule has 0 bridgehead atoms. The molecule has 0 fully saturated rings. The number of imidazole rings is 1. The van der Waals surface area contributed by atoms with Crippen LogP contribution in [0.3, 0.4) is 0 Å². The molecule has 0 amide bonds. The molecule has 5 rings (SSSR count). The molecule has 7 nitrogen and oxygen atoms in total. The predicted octanol–water partition coefficient (Wildman–Crippen LogP) is 5.36. The van der Waals surface area contributed by atoms with Gasteiger partial charge in [-0.05, 0) is 55.6 Å². The highest BCUT2D eigenvalue weighted by Gasteiger charge is 2.21. The summed E-state index contributed by atoms with van der Waals surface area (Å²) in [6.07, 6.45) is -0.673. The summed E-state index contributed by atoms with van der Waals surface area (Å²) in [4.78, 5) is 18.2. The molecule has 3 aromatic heterocycles. The van der Waals surface area contributed by atoms with Gasteiger partial charge in [0, 0.05) is 5.69 Å². The SMILES string of the molecule is Cc1nc2cc(C(=O)OC(C)c3nnc(-c4cccs4)o3)ccc2n1-c1ccccc1. The molecule has 3 heterocycles. The van der Waals surface area contributed by atoms with Crippen LogP contribution >= 0.6 is 11.3 Å². The Morgan fingerprint density at radius 1 is 1.10 bits per heavy atom. The summed E-state index contributed by atoms with van der Waals surface area (Å²) >= 11 is 1.50. The van der Waals surface area contributed by atoms with E-state index in [1.165, 1.54) is 11.3 Å². The lowest BCUT2D eigenvalue weighted by atomic mass is 10.2. The molecule has 0 saturated carbocycles. The van der Waals surface area contributed by atoms with Gasteiger partial charge in [-0.2, -0.15) is 0 Å². The topological polar surface area (TPSA) is 83.0 Å². The molecule has 0 aliphatic carbocycles. The van der Waals surface area contributed by atoms with Gasteiger partial charge in [0.2, 0.25) is 0 Å². The van der Waals surface area contributed by atoms with Gasteiger partial charge in [0.1, 0.15) is 5.82 Å². The predicted molar refractivity (Wildman–Crippen MR) is 117 cm³/mol. The normalized spacial score (nSPS) is 12.2. The molecule has 1 atom stereocenters. The van der Waals surface area contributed by atoms with E-state index < -0.39 is 12.1 Å². The Morgan fingerprint density at radius 2 is 1.94 bits per heavy atom. The van der Waals surface area contributed by atoms with Crippen molar-refractivity contribution in [2.24, 2.45) is 0 Å². The summed E-state index contributed by atoms with van der Waals surface area (Å²) in [5.74, 6) is 1.03. The smallest absolute Gasteiger partial charge is 0.338 e. The van der Waals surface area contributed by atoms with Crippen LogP contribution in [-0.4, -0.2) is 25.7 Å². The van der Waals surface area contributed by atoms with Gasteiger partial charge in [-0.15, -0.1) is 21.5 Å². The van der Waals surface area contributed by atoms with Gasteiger partial charge < -0.3 is 9.15 Å². The van der Waals surface area contributed by atoms with Crippen molar-refractivity contribution in [1.29, 1.82) is 0 Å². The number of aromatic nitrogens is 4. The quantitative estimate of drug-likeness (QED) is 0.349. The van der Waals surface area contributed by atoms with Crippen LogP contribution in [0.2, 0.25) is 0 Å². The van der Waals surface area contributed by atoms with Gasteiger partial charge in [0.05, 0.1) is 21.5 Å². The monoisotopic (exact) mass is 430 g/mol. The number of para-hydroxylation sites is 1. The van der Waals surface area contributed by atoms with Crippen LogP contribution in [0.5, 0.6) is 0 Å². The lowest BCUT2D eigenvalue weighted by Crippen LogP contribution is -2.09. The highest BCUT2D eigenvalue weighted by Crippen LogP contribution is 2.27. The Labute approximate surface area is 182 Å². The first-order valence-corrected chi connectivity index (χ1v) is 10.6. The first-order chi connectivity index (χ1) is 15.1. The van der Waals surface area contributed by atoms with E-state index in [1.807, 2.05) is 60.8 Å². The molecule has 1 unspecified atom stereocenters. The van der Waals surface area contributed by atoms with E-state index in [0.717, 1.165) is 27.4 Å². The minimum atomic E-state index is -0.673. The lowest BCUT2D eigenvalue weighted by molar-refractivity contribution is 0.0280. The largest absolute Gasteiger partial charge is 0.449 e. The number of thiophene rings is 1. The van der Waals surface area contributed by atoms with Crippen LogP contribution in [0.1, 0.15) is 35.1 Å². The van der Waals surface area contributed by atoms with E-state index in [1.54, 1.807) is 19.1 Å². The fraction of sp³-hybridized carbons (Fsp3) is 0.130. The molecule has 2 aromatic carbocycles. The zero-order valence-electron chi connectivity index (χ0n) is 16.9. The van der Waals surface area contributed by atoms with Gasteiger partial charge in [-0.3, -0.25) is 4.57 Å². The molecule has 0 N–H and O–H groups in total. The maximum Gasteiger partial charge on any atom is 0.338 e. The van der Waals surface area contributed by atoms with Crippen molar-refractivity contribution in [3.8, 4) is 16.5 Å². The molecular formula is C23H18N4O3S. The molecule has 0 spiro atoms. The summed E-state index contributed by atoms with van der Waals surface area (Å²) in [7, 11) is 0. The van der Waals surface area contributed by atoms with E-state index >= 15 is 0 Å². The molecule has 154 valence electrons. The zero-order chi connectivity index (χ0) is 21.4. The third kappa shape index (κ3) is 3.62. The number of fused-ring (bicyclic) bond motifs is 1. The first kappa shape index (κ1) is 19.2. The molecule has 0 saturated heterocycles. The number of nitrogens with zero attached hydrogens (tertiary/aromatic N) is 4. The van der Waals surface area contributed by atoms with Gasteiger partial charge in [-0.1, -0.05) is 24.3 Å². The van der Waals surface area contributed by atoms with Crippen LogP contribution in [0, 0.1) is 6.92 Å². The summed E-state index contributed by atoms with van der Waals surface area (Å²) in [6.45, 7) is 3.64. The van der Waals surface area contributed by atoms with Crippen LogP contribution in [0.4, 0.5) is 0 Å². The second kappa shape index (κ2) is 7.81. The third-order valence-electron chi connectivity index (χ3n) is 4.88. The summed E-state index contributed by atoms with van der Waals surface area (Å²) < 4.78 is 13.3. The number of ether oxygens (including phenoxy) is 1. The second-order valence-electron chi connectivity index (χ2n) is 7.00. The third-order valence-corrected chi connectivity index (χ3v) is 5.73. The van der Waals surface area contributed by atoms with Crippen LogP contribution in [0.15, 0.2) is 70.5 Å². The number of rotatable bonds is 5. The minimum absolute atomic E-state index is 0.252. The zero-order valence-corrected chi connectivity index (χ0v) is 17.7. The van der Waals surface area contributed by atoms with Crippen molar-refractivity contribution in [3.05, 3.63) is 83.3 Å². The molecule has 0 aliphatic heterocycles. The van der Waals surface area contributed by atoms with Crippen LogP contribution in [0.25, 0.3) is 27.5 Å². The number of aryl methyl sites for hydroxylation is 1. The van der Waals surface area contributed by atoms with Gasteiger partial charge in [0.25, 0.3) is 11.8 Å². The van der Waals surface area contributed by atoms with Gasteiger partial charge >= 0.3 is 5.97 Å². The number of benzene rings is 2. The van der Waals surface area contributed by atoms with Crippen molar-refractivity contribution in [2.45, 2.75) is 20.0 Å². The van der Waals surface area contributed by atoms with E-state index in [9.17, 15) is 4.79 Å². The summed E-state index contributed by atoms with van der Waals surface area (Å²) in [5, 5.41) is 9.98. The molecule has 31 heavy (non-hydrogen) atoms. The number of hydrogen-bond donors (Lipinski definition) is 0. The summed E-state index contributed by atoms with van der Waals surface area (Å²) in [5.41, 5.74) is 3.08. The van der Waals surface area contributed by atoms with E-state index in [4.69, 9.17) is 9.15 Å². The highest BCUT2D eigenvalue weighted by molar-refractivity contribution is 7.13. The second-order valence-corrected chi connectivity index (χ2v) is 7.95. The number of esters is 1. The average molecular weight is 430 g/mol. The van der Waals surface area contributed by atoms with Gasteiger partial charge in [-0.25, -0.2) is 9.78 Å². The molecule has 0 radical (unpaired) electrons. The molecule has 8 heteroatoms. The van der Waals surface area contributed by atoms with Crippen LogP contribution < -0.4 is 0 Å². The van der Waals surface area contributed by atoms with Crippen LogP contribution in [-0.2, 0) is 4.74 Å². The lowest BCUT2D eigenvalue weighted by Gasteiger charge is -2.10.